The fraction of sp³-hybridized carbons (Fsp3) is 0.407. The van der Waals surface area contributed by atoms with Gasteiger partial charge < -0.3 is 25.6 Å². The lowest BCUT2D eigenvalue weighted by Gasteiger charge is -2.22. The predicted molar refractivity (Wildman–Crippen MR) is 144 cm³/mol. The molecular formula is C27H27F3N6O3S. The number of rotatable bonds is 7. The van der Waals surface area contributed by atoms with E-state index in [2.05, 4.69) is 25.3 Å². The van der Waals surface area contributed by atoms with Crippen molar-refractivity contribution in [3.63, 3.8) is 0 Å². The van der Waals surface area contributed by atoms with Crippen molar-refractivity contribution in [1.82, 2.24) is 19.9 Å². The minimum absolute atomic E-state index is 0.252. The van der Waals surface area contributed by atoms with Crippen LogP contribution in [0.1, 0.15) is 43.5 Å². The van der Waals surface area contributed by atoms with Gasteiger partial charge >= 0.3 is 6.36 Å². The van der Waals surface area contributed by atoms with E-state index in [1.165, 1.54) is 23.5 Å². The molecule has 2 saturated carbocycles. The van der Waals surface area contributed by atoms with Gasteiger partial charge in [0.1, 0.15) is 28.2 Å². The molecule has 1 aromatic carbocycles. The molecule has 0 aliphatic heterocycles. The maximum absolute atomic E-state index is 12.5. The average Bonchev–Trinajstić information content (AvgIpc) is 3.49. The second-order valence-corrected chi connectivity index (χ2v) is 11.5. The number of benzene rings is 1. The average molecular weight is 573 g/mol. The van der Waals surface area contributed by atoms with Gasteiger partial charge in [0.2, 0.25) is 5.95 Å². The summed E-state index contributed by atoms with van der Waals surface area (Å²) in [6.07, 6.45) is -0.743. The third kappa shape index (κ3) is 5.16. The topological polar surface area (TPSA) is 125 Å². The van der Waals surface area contributed by atoms with Crippen LogP contribution in [0.2, 0.25) is 0 Å². The van der Waals surface area contributed by atoms with Crippen LogP contribution in [0, 0.1) is 12.3 Å². The van der Waals surface area contributed by atoms with Crippen LogP contribution in [0.25, 0.3) is 20.8 Å². The molecule has 1 spiro atoms. The van der Waals surface area contributed by atoms with Gasteiger partial charge in [-0.25, -0.2) is 9.97 Å². The molecular weight excluding hydrogens is 545 g/mol. The van der Waals surface area contributed by atoms with Crippen molar-refractivity contribution in [3.8, 4) is 16.3 Å². The van der Waals surface area contributed by atoms with Gasteiger partial charge in [0.15, 0.2) is 0 Å². The first-order chi connectivity index (χ1) is 19.0. The number of thiazole rings is 1. The molecule has 4 aromatic rings. The van der Waals surface area contributed by atoms with Crippen molar-refractivity contribution in [2.75, 3.05) is 10.6 Å². The molecule has 3 aromatic heterocycles. The van der Waals surface area contributed by atoms with E-state index in [0.29, 0.717) is 40.0 Å². The molecule has 210 valence electrons. The zero-order chi connectivity index (χ0) is 28.2. The second-order valence-electron chi connectivity index (χ2n) is 10.5. The van der Waals surface area contributed by atoms with Crippen LogP contribution < -0.4 is 15.4 Å². The highest BCUT2D eigenvalue weighted by Gasteiger charge is 2.59. The first-order valence-electron chi connectivity index (χ1n) is 12.9. The fourth-order valence-electron chi connectivity index (χ4n) is 5.35. The Morgan fingerprint density at radius 1 is 1.10 bits per heavy atom. The van der Waals surface area contributed by atoms with Crippen LogP contribution in [0.4, 0.5) is 24.9 Å². The van der Waals surface area contributed by atoms with Gasteiger partial charge in [-0.05, 0) is 56.9 Å². The summed E-state index contributed by atoms with van der Waals surface area (Å²) in [5, 5.41) is 28.7. The van der Waals surface area contributed by atoms with E-state index in [0.717, 1.165) is 23.1 Å². The van der Waals surface area contributed by atoms with Crippen LogP contribution in [-0.4, -0.2) is 54.8 Å². The summed E-state index contributed by atoms with van der Waals surface area (Å²) in [5.41, 5.74) is 2.53. The largest absolute Gasteiger partial charge is 0.573 e. The third-order valence-corrected chi connectivity index (χ3v) is 8.71. The quantitative estimate of drug-likeness (QED) is 0.236. The molecule has 2 aliphatic rings. The number of pyridine rings is 1. The van der Waals surface area contributed by atoms with Gasteiger partial charge in [0.25, 0.3) is 0 Å². The lowest BCUT2D eigenvalue weighted by atomic mass is 10.0. The fourth-order valence-corrected chi connectivity index (χ4v) is 6.38. The van der Waals surface area contributed by atoms with Crippen molar-refractivity contribution >= 4 is 33.3 Å². The molecule has 4 atom stereocenters. The van der Waals surface area contributed by atoms with Crippen LogP contribution >= 0.6 is 11.3 Å². The summed E-state index contributed by atoms with van der Waals surface area (Å²) in [6, 6.07) is 6.72. The second kappa shape index (κ2) is 9.82. The summed E-state index contributed by atoms with van der Waals surface area (Å²) in [5.74, 6) is 0.462. The molecule has 0 bridgehead atoms. The smallest absolute Gasteiger partial charge is 0.406 e. The molecule has 2 aliphatic carbocycles. The molecule has 4 N–H and O–H groups in total. The molecule has 9 nitrogen and oxygen atoms in total. The van der Waals surface area contributed by atoms with Crippen molar-refractivity contribution < 1.29 is 28.1 Å². The Bertz CT molecular complexity index is 1510. The number of ether oxygens (including phenoxy) is 1. The molecule has 3 heterocycles. The summed E-state index contributed by atoms with van der Waals surface area (Å²) < 4.78 is 42.5. The zero-order valence-electron chi connectivity index (χ0n) is 21.6. The number of anilines is 2. The molecule has 0 radical (unpaired) electrons. The van der Waals surface area contributed by atoms with Gasteiger partial charge in [0, 0.05) is 11.6 Å². The van der Waals surface area contributed by atoms with Gasteiger partial charge in [0.05, 0.1) is 40.3 Å². The van der Waals surface area contributed by atoms with E-state index in [1.54, 1.807) is 24.5 Å². The Labute approximate surface area is 231 Å². The van der Waals surface area contributed by atoms with E-state index < -0.39 is 24.6 Å². The van der Waals surface area contributed by atoms with Crippen molar-refractivity contribution in [2.24, 2.45) is 5.41 Å². The summed E-state index contributed by atoms with van der Waals surface area (Å²) in [6.45, 7) is 3.68. The minimum Gasteiger partial charge on any atom is -0.406 e. The lowest BCUT2D eigenvalue weighted by molar-refractivity contribution is -0.274. The number of halogens is 3. The number of nitrogens with zero attached hydrogens (tertiary/aromatic N) is 4. The highest BCUT2D eigenvalue weighted by atomic mass is 32.1. The standard InChI is InChI=1S/C27H27F3N6O3S/c1-13(15-3-5-16(6-4-15)39-27(28,29)30)32-25-33-14(2)20(24-35-18-12-31-10-7-19(18)40-24)23(36-25)34-17-11-26(8-9-26)22(38)21(17)37/h3-7,10,12-13,17,21-22,37-38H,8-9,11H2,1-2H3,(H2,32,33,34,36)/t13-,17-,21+,22+/m1/s1. The van der Waals surface area contributed by atoms with Gasteiger partial charge in [-0.3, -0.25) is 4.98 Å². The maximum atomic E-state index is 12.5. The number of aromatic nitrogens is 4. The predicted octanol–water partition coefficient (Wildman–Crippen LogP) is 5.21. The summed E-state index contributed by atoms with van der Waals surface area (Å²) in [4.78, 5) is 18.3. The molecule has 40 heavy (non-hydrogen) atoms. The van der Waals surface area contributed by atoms with E-state index >= 15 is 0 Å². The Hall–Kier alpha value is -3.55. The number of hydrogen-bond donors (Lipinski definition) is 4. The molecule has 0 saturated heterocycles. The van der Waals surface area contributed by atoms with Gasteiger partial charge in [-0.15, -0.1) is 24.5 Å². The molecule has 2 fully saturated rings. The van der Waals surface area contributed by atoms with E-state index in [4.69, 9.17) is 9.97 Å². The van der Waals surface area contributed by atoms with Gasteiger partial charge in [-0.2, -0.15) is 4.98 Å². The Balaban J connectivity index is 1.31. The van der Waals surface area contributed by atoms with Crippen LogP contribution in [0.3, 0.4) is 0 Å². The molecule has 0 amide bonds. The third-order valence-electron chi connectivity index (χ3n) is 7.66. The Morgan fingerprint density at radius 3 is 2.50 bits per heavy atom. The van der Waals surface area contributed by atoms with Crippen molar-refractivity contribution in [1.29, 1.82) is 0 Å². The minimum atomic E-state index is -4.76. The zero-order valence-corrected chi connectivity index (χ0v) is 22.4. The number of aliphatic hydroxyl groups excluding tert-OH is 2. The lowest BCUT2D eigenvalue weighted by Crippen LogP contribution is -2.35. The molecule has 6 rings (SSSR count). The van der Waals surface area contributed by atoms with E-state index in [-0.39, 0.29) is 17.2 Å². The number of alkyl halides is 3. The maximum Gasteiger partial charge on any atom is 0.573 e. The highest BCUT2D eigenvalue weighted by molar-refractivity contribution is 7.21. The molecule has 13 heteroatoms. The number of nitrogens with one attached hydrogen (secondary N) is 2. The number of hydrogen-bond acceptors (Lipinski definition) is 10. The van der Waals surface area contributed by atoms with Gasteiger partial charge in [-0.1, -0.05) is 12.1 Å². The first-order valence-corrected chi connectivity index (χ1v) is 13.7. The summed E-state index contributed by atoms with van der Waals surface area (Å²) >= 11 is 1.48. The Morgan fingerprint density at radius 2 is 1.85 bits per heavy atom. The van der Waals surface area contributed by atoms with Crippen LogP contribution in [-0.2, 0) is 0 Å². The number of aryl methyl sites for hydroxylation is 1. The monoisotopic (exact) mass is 572 g/mol. The van der Waals surface area contributed by atoms with E-state index in [1.807, 2.05) is 19.9 Å². The van der Waals surface area contributed by atoms with Crippen LogP contribution in [0.5, 0.6) is 5.75 Å². The van der Waals surface area contributed by atoms with Crippen molar-refractivity contribution in [3.05, 3.63) is 54.0 Å². The first kappa shape index (κ1) is 26.7. The SMILES string of the molecule is Cc1nc(N[C@H](C)c2ccc(OC(F)(F)F)cc2)nc(N[C@@H]2CC3(CC3)[C@@H](O)[C@H]2O)c1-c1nc2cnccc2s1. The number of aliphatic hydroxyl groups is 2. The normalized spacial score (nSPS) is 22.4. The highest BCUT2D eigenvalue weighted by Crippen LogP contribution is 2.58. The van der Waals surface area contributed by atoms with Crippen molar-refractivity contribution in [2.45, 2.75) is 63.8 Å². The Kier molecular flexibility index (Phi) is 6.55. The summed E-state index contributed by atoms with van der Waals surface area (Å²) in [7, 11) is 0. The van der Waals surface area contributed by atoms with Crippen LogP contribution in [0.15, 0.2) is 42.7 Å². The van der Waals surface area contributed by atoms with E-state index in [9.17, 15) is 23.4 Å². The number of fused-ring (bicyclic) bond motifs is 1. The molecule has 0 unspecified atom stereocenters.